The average Bonchev–Trinajstić information content (AvgIpc) is 3.08. The maximum Gasteiger partial charge on any atom is 0.308 e. The first-order valence-electron chi connectivity index (χ1n) is 8.35. The molecule has 136 valence electrons. The number of likely N-dealkylation sites (tertiary alicyclic amines) is 1. The molecule has 2 aromatic rings. The van der Waals surface area contributed by atoms with Crippen LogP contribution in [0.15, 0.2) is 48.5 Å². The van der Waals surface area contributed by atoms with E-state index in [1.165, 1.54) is 0 Å². The van der Waals surface area contributed by atoms with Crippen LogP contribution in [0.4, 0.5) is 0 Å². The summed E-state index contributed by atoms with van der Waals surface area (Å²) in [6.07, 6.45) is 0. The second-order valence-electron chi connectivity index (χ2n) is 6.40. The fraction of sp³-hybridized carbons (Fsp3) is 0.300. The molecule has 5 nitrogen and oxygen atoms in total. The lowest BCUT2D eigenvalue weighted by atomic mass is 9.89. The Hall–Kier alpha value is -2.37. The van der Waals surface area contributed by atoms with Crippen LogP contribution < -0.4 is 0 Å². The lowest BCUT2D eigenvalue weighted by molar-refractivity contribution is -0.141. The van der Waals surface area contributed by atoms with Crippen molar-refractivity contribution in [2.75, 3.05) is 20.2 Å². The Kier molecular flexibility index (Phi) is 5.59. The van der Waals surface area contributed by atoms with E-state index >= 15 is 0 Å². The van der Waals surface area contributed by atoms with E-state index in [9.17, 15) is 14.7 Å². The first-order chi connectivity index (χ1) is 12.5. The molecule has 1 fully saturated rings. The van der Waals surface area contributed by atoms with Crippen molar-refractivity contribution in [3.05, 3.63) is 70.2 Å². The number of nitrogens with zero attached hydrogens (tertiary/aromatic N) is 1. The van der Waals surface area contributed by atoms with Crippen molar-refractivity contribution < 1.29 is 19.4 Å². The van der Waals surface area contributed by atoms with Gasteiger partial charge in [-0.3, -0.25) is 9.59 Å². The van der Waals surface area contributed by atoms with Crippen molar-refractivity contribution in [3.8, 4) is 0 Å². The zero-order valence-corrected chi connectivity index (χ0v) is 15.1. The van der Waals surface area contributed by atoms with Gasteiger partial charge in [-0.2, -0.15) is 0 Å². The summed E-state index contributed by atoms with van der Waals surface area (Å²) in [5, 5.41) is 10.2. The van der Waals surface area contributed by atoms with Gasteiger partial charge in [0.25, 0.3) is 5.91 Å². The number of hydrogen-bond acceptors (Lipinski definition) is 3. The zero-order valence-electron chi connectivity index (χ0n) is 14.4. The van der Waals surface area contributed by atoms with Crippen molar-refractivity contribution in [1.29, 1.82) is 0 Å². The third kappa shape index (κ3) is 3.74. The smallest absolute Gasteiger partial charge is 0.308 e. The molecule has 1 aliphatic heterocycles. The second kappa shape index (κ2) is 7.89. The largest absolute Gasteiger partial charge is 0.481 e. The lowest BCUT2D eigenvalue weighted by Crippen LogP contribution is -2.30. The highest BCUT2D eigenvalue weighted by molar-refractivity contribution is 6.30. The van der Waals surface area contributed by atoms with E-state index in [0.717, 1.165) is 11.1 Å². The topological polar surface area (TPSA) is 66.8 Å². The van der Waals surface area contributed by atoms with Crippen LogP contribution in [-0.2, 0) is 16.1 Å². The van der Waals surface area contributed by atoms with E-state index < -0.39 is 11.9 Å². The van der Waals surface area contributed by atoms with E-state index in [4.69, 9.17) is 16.3 Å². The van der Waals surface area contributed by atoms with Crippen molar-refractivity contribution in [2.45, 2.75) is 12.5 Å². The van der Waals surface area contributed by atoms with Gasteiger partial charge in [0.15, 0.2) is 0 Å². The molecule has 0 saturated carbocycles. The van der Waals surface area contributed by atoms with Gasteiger partial charge in [-0.25, -0.2) is 0 Å². The Labute approximate surface area is 157 Å². The molecule has 1 saturated heterocycles. The van der Waals surface area contributed by atoms with Crippen LogP contribution in [-0.4, -0.2) is 42.1 Å². The number of methoxy groups -OCH3 is 1. The Morgan fingerprint density at radius 3 is 2.50 bits per heavy atom. The number of aliphatic carboxylic acids is 1. The Morgan fingerprint density at radius 2 is 1.85 bits per heavy atom. The van der Waals surface area contributed by atoms with Crippen molar-refractivity contribution in [2.24, 2.45) is 5.92 Å². The minimum Gasteiger partial charge on any atom is -0.481 e. The van der Waals surface area contributed by atoms with Gasteiger partial charge in [0.1, 0.15) is 0 Å². The summed E-state index contributed by atoms with van der Waals surface area (Å²) in [4.78, 5) is 26.4. The van der Waals surface area contributed by atoms with Crippen LogP contribution in [0.25, 0.3) is 0 Å². The molecule has 2 aromatic carbocycles. The molecule has 1 aliphatic rings. The molecule has 1 amide bonds. The minimum absolute atomic E-state index is 0.166. The van der Waals surface area contributed by atoms with E-state index in [-0.39, 0.29) is 18.4 Å². The highest BCUT2D eigenvalue weighted by Gasteiger charge is 2.40. The fourth-order valence-corrected chi connectivity index (χ4v) is 3.57. The van der Waals surface area contributed by atoms with Crippen LogP contribution in [0.2, 0.25) is 5.02 Å². The summed E-state index contributed by atoms with van der Waals surface area (Å²) in [5.41, 5.74) is 2.22. The third-order valence-corrected chi connectivity index (χ3v) is 5.02. The molecule has 0 radical (unpaired) electrons. The number of hydrogen-bond donors (Lipinski definition) is 1. The number of rotatable bonds is 5. The van der Waals surface area contributed by atoms with Gasteiger partial charge in [-0.15, -0.1) is 0 Å². The van der Waals surface area contributed by atoms with E-state index in [0.29, 0.717) is 23.7 Å². The molecular formula is C20H20ClNO4. The standard InChI is InChI=1S/C20H20ClNO4/c1-26-12-14-4-2-3-5-16(14)19(23)22-10-17(18(11-22)20(24)25)13-6-8-15(21)9-7-13/h2-9,17-18H,10-12H2,1H3,(H,24,25)/t17-,18+/m0/s1. The summed E-state index contributed by atoms with van der Waals surface area (Å²) in [5.74, 6) is -1.97. The first kappa shape index (κ1) is 18.4. The Bertz CT molecular complexity index is 806. The number of carbonyl (C=O) groups is 2. The predicted molar refractivity (Wildman–Crippen MR) is 98.4 cm³/mol. The molecule has 6 heteroatoms. The van der Waals surface area contributed by atoms with Crippen LogP contribution in [0.5, 0.6) is 0 Å². The lowest BCUT2D eigenvalue weighted by Gasteiger charge is -2.18. The van der Waals surface area contributed by atoms with Crippen LogP contribution in [0, 0.1) is 5.92 Å². The summed E-state index contributed by atoms with van der Waals surface area (Å²) < 4.78 is 5.16. The van der Waals surface area contributed by atoms with Gasteiger partial charge in [0, 0.05) is 36.7 Å². The quantitative estimate of drug-likeness (QED) is 0.872. The van der Waals surface area contributed by atoms with Gasteiger partial charge in [-0.05, 0) is 29.3 Å². The maximum absolute atomic E-state index is 13.0. The number of ether oxygens (including phenoxy) is 1. The number of carbonyl (C=O) groups excluding carboxylic acids is 1. The summed E-state index contributed by atoms with van der Waals surface area (Å²) in [7, 11) is 1.58. The van der Waals surface area contributed by atoms with Gasteiger partial charge in [0.2, 0.25) is 0 Å². The monoisotopic (exact) mass is 373 g/mol. The van der Waals surface area contributed by atoms with Crippen LogP contribution >= 0.6 is 11.6 Å². The normalized spacial score (nSPS) is 19.5. The Morgan fingerprint density at radius 1 is 1.15 bits per heavy atom. The van der Waals surface area contributed by atoms with Gasteiger partial charge >= 0.3 is 5.97 Å². The molecule has 0 unspecified atom stereocenters. The van der Waals surface area contributed by atoms with Crippen LogP contribution in [0.3, 0.4) is 0 Å². The summed E-state index contributed by atoms with van der Waals surface area (Å²) in [6, 6.07) is 14.4. The van der Waals surface area contributed by atoms with E-state index in [2.05, 4.69) is 0 Å². The van der Waals surface area contributed by atoms with Crippen molar-refractivity contribution in [1.82, 2.24) is 4.90 Å². The average molecular weight is 374 g/mol. The van der Waals surface area contributed by atoms with Crippen molar-refractivity contribution >= 4 is 23.5 Å². The van der Waals surface area contributed by atoms with Gasteiger partial charge in [-0.1, -0.05) is 41.9 Å². The van der Waals surface area contributed by atoms with Gasteiger partial charge in [0.05, 0.1) is 12.5 Å². The number of halogens is 1. The van der Waals surface area contributed by atoms with Gasteiger partial charge < -0.3 is 14.7 Å². The Balaban J connectivity index is 1.87. The molecule has 0 spiro atoms. The molecular weight excluding hydrogens is 354 g/mol. The minimum atomic E-state index is -0.898. The van der Waals surface area contributed by atoms with Crippen LogP contribution in [0.1, 0.15) is 27.4 Å². The van der Waals surface area contributed by atoms with E-state index in [1.807, 2.05) is 24.3 Å². The second-order valence-corrected chi connectivity index (χ2v) is 6.84. The summed E-state index contributed by atoms with van der Waals surface area (Å²) >= 11 is 5.93. The fourth-order valence-electron chi connectivity index (χ4n) is 3.45. The summed E-state index contributed by atoms with van der Waals surface area (Å²) in [6.45, 7) is 0.875. The molecule has 3 rings (SSSR count). The number of carboxylic acid groups (broad SMARTS) is 1. The number of carboxylic acids is 1. The number of amides is 1. The molecule has 1 heterocycles. The zero-order chi connectivity index (χ0) is 18.7. The third-order valence-electron chi connectivity index (χ3n) is 4.77. The molecule has 0 aromatic heterocycles. The molecule has 1 N–H and O–H groups in total. The maximum atomic E-state index is 13.0. The highest BCUT2D eigenvalue weighted by Crippen LogP contribution is 2.34. The molecule has 0 bridgehead atoms. The van der Waals surface area contributed by atoms with E-state index in [1.54, 1.807) is 36.3 Å². The first-order valence-corrected chi connectivity index (χ1v) is 8.73. The SMILES string of the molecule is COCc1ccccc1C(=O)N1C[C@@H](C(=O)O)[C@H](c2ccc(Cl)cc2)C1. The van der Waals surface area contributed by atoms with Crippen molar-refractivity contribution in [3.63, 3.8) is 0 Å². The molecule has 26 heavy (non-hydrogen) atoms. The molecule has 0 aliphatic carbocycles. The highest BCUT2D eigenvalue weighted by atomic mass is 35.5. The predicted octanol–water partition coefficient (Wildman–Crippen LogP) is 3.43. The molecule has 2 atom stereocenters. The number of benzene rings is 2.